The first kappa shape index (κ1) is 21.1. The predicted octanol–water partition coefficient (Wildman–Crippen LogP) is 1.84. The van der Waals surface area contributed by atoms with E-state index in [1.54, 1.807) is 0 Å². The van der Waals surface area contributed by atoms with Crippen molar-refractivity contribution < 1.29 is 27.1 Å². The summed E-state index contributed by atoms with van der Waals surface area (Å²) in [4.78, 5) is 28.6. The third-order valence-corrected chi connectivity index (χ3v) is 4.99. The normalized spacial score (nSPS) is 12.2. The molecule has 0 saturated heterocycles. The van der Waals surface area contributed by atoms with E-state index < -0.39 is 33.8 Å². The highest BCUT2D eigenvalue weighted by Crippen LogP contribution is 2.16. The molecule has 0 unspecified atom stereocenters. The second-order valence-corrected chi connectivity index (χ2v) is 7.79. The smallest absolute Gasteiger partial charge is 0.357 e. The number of hydrogen-bond donors (Lipinski definition) is 2. The molecule has 3 N–H and O–H groups in total. The van der Waals surface area contributed by atoms with Crippen molar-refractivity contribution in [3.63, 3.8) is 0 Å². The molecule has 30 heavy (non-hydrogen) atoms. The van der Waals surface area contributed by atoms with Gasteiger partial charge < -0.3 is 10.1 Å². The number of benzene rings is 2. The third-order valence-electron chi connectivity index (χ3n) is 4.06. The van der Waals surface area contributed by atoms with E-state index in [4.69, 9.17) is 9.88 Å². The zero-order chi connectivity index (χ0) is 21.9. The van der Waals surface area contributed by atoms with Crippen molar-refractivity contribution in [1.29, 1.82) is 0 Å². The fraction of sp³-hybridized carbons (Fsp3) is 0.105. The molecule has 11 heteroatoms. The van der Waals surface area contributed by atoms with Crippen LogP contribution in [0.1, 0.15) is 17.4 Å². The molecule has 3 rings (SSSR count). The van der Waals surface area contributed by atoms with Crippen LogP contribution in [-0.4, -0.2) is 35.9 Å². The van der Waals surface area contributed by atoms with Crippen LogP contribution in [0.3, 0.4) is 0 Å². The molecule has 3 aromatic rings. The van der Waals surface area contributed by atoms with Crippen molar-refractivity contribution in [3.8, 4) is 5.69 Å². The van der Waals surface area contributed by atoms with E-state index in [9.17, 15) is 22.4 Å². The molecule has 0 aliphatic rings. The van der Waals surface area contributed by atoms with Crippen LogP contribution in [-0.2, 0) is 19.6 Å². The van der Waals surface area contributed by atoms with Gasteiger partial charge in [-0.15, -0.1) is 0 Å². The number of ether oxygens (including phenoxy) is 1. The summed E-state index contributed by atoms with van der Waals surface area (Å²) in [6, 6.07) is 10.6. The van der Waals surface area contributed by atoms with Gasteiger partial charge >= 0.3 is 5.97 Å². The molecule has 0 spiro atoms. The van der Waals surface area contributed by atoms with Crippen LogP contribution in [0, 0.1) is 5.82 Å². The Kier molecular flexibility index (Phi) is 5.94. The van der Waals surface area contributed by atoms with Gasteiger partial charge in [0.1, 0.15) is 5.82 Å². The summed E-state index contributed by atoms with van der Waals surface area (Å²) in [5, 5.41) is 7.53. The van der Waals surface area contributed by atoms with Gasteiger partial charge in [0.2, 0.25) is 10.0 Å². The highest BCUT2D eigenvalue weighted by molar-refractivity contribution is 7.89. The van der Waals surface area contributed by atoms with Crippen molar-refractivity contribution in [1.82, 2.24) is 9.55 Å². The molecule has 0 bridgehead atoms. The number of amides is 1. The summed E-state index contributed by atoms with van der Waals surface area (Å²) in [5.41, 5.74) is 0.846. The fourth-order valence-corrected chi connectivity index (χ4v) is 3.02. The standard InChI is InChI=1S/C19H17FN4O5S/c1-12(18(25)23-14-4-8-16(9-5-14)30(21,27)28)29-19(26)17-10-22-11-24(17)15-6-2-13(20)3-7-15/h2-12H,1H3,(H,23,25)(H2,21,27,28)/t12-/m0/s1. The molecular weight excluding hydrogens is 415 g/mol. The summed E-state index contributed by atoms with van der Waals surface area (Å²) in [7, 11) is -3.85. The minimum absolute atomic E-state index is 0.0544. The Morgan fingerprint density at radius 1 is 1.13 bits per heavy atom. The van der Waals surface area contributed by atoms with Crippen molar-refractivity contribution >= 4 is 27.6 Å². The van der Waals surface area contributed by atoms with E-state index >= 15 is 0 Å². The first-order valence-corrected chi connectivity index (χ1v) is 10.1. The molecule has 0 radical (unpaired) electrons. The Balaban J connectivity index is 1.67. The number of primary sulfonamides is 1. The number of sulfonamides is 1. The van der Waals surface area contributed by atoms with Gasteiger partial charge in [0.15, 0.2) is 11.8 Å². The monoisotopic (exact) mass is 432 g/mol. The maximum Gasteiger partial charge on any atom is 0.357 e. The zero-order valence-electron chi connectivity index (χ0n) is 15.7. The molecule has 156 valence electrons. The van der Waals surface area contributed by atoms with Crippen LogP contribution >= 0.6 is 0 Å². The van der Waals surface area contributed by atoms with Gasteiger partial charge in [0, 0.05) is 11.4 Å². The van der Waals surface area contributed by atoms with E-state index in [1.807, 2.05) is 0 Å². The number of aromatic nitrogens is 2. The van der Waals surface area contributed by atoms with E-state index in [-0.39, 0.29) is 10.6 Å². The van der Waals surface area contributed by atoms with Crippen LogP contribution in [0.25, 0.3) is 5.69 Å². The fourth-order valence-electron chi connectivity index (χ4n) is 2.50. The predicted molar refractivity (Wildman–Crippen MR) is 105 cm³/mol. The van der Waals surface area contributed by atoms with Gasteiger partial charge in [-0.05, 0) is 55.5 Å². The lowest BCUT2D eigenvalue weighted by molar-refractivity contribution is -0.123. The molecular formula is C19H17FN4O5S. The Labute approximate surface area is 171 Å². The van der Waals surface area contributed by atoms with Gasteiger partial charge in [-0.1, -0.05) is 0 Å². The molecule has 1 amide bonds. The first-order chi connectivity index (χ1) is 14.1. The molecule has 0 aliphatic heterocycles. The van der Waals surface area contributed by atoms with Crippen LogP contribution < -0.4 is 10.5 Å². The number of carbonyl (C=O) groups is 2. The average Bonchev–Trinajstić information content (AvgIpc) is 3.18. The average molecular weight is 432 g/mol. The topological polar surface area (TPSA) is 133 Å². The van der Waals surface area contributed by atoms with Crippen LogP contribution in [0.15, 0.2) is 66.0 Å². The Hall–Kier alpha value is -3.57. The van der Waals surface area contributed by atoms with E-state index in [0.717, 1.165) is 0 Å². The maximum atomic E-state index is 13.1. The zero-order valence-corrected chi connectivity index (χ0v) is 16.5. The van der Waals surface area contributed by atoms with Crippen molar-refractivity contribution in [2.24, 2.45) is 5.14 Å². The maximum absolute atomic E-state index is 13.1. The summed E-state index contributed by atoms with van der Waals surface area (Å²) >= 11 is 0. The van der Waals surface area contributed by atoms with Gasteiger partial charge in [-0.2, -0.15) is 0 Å². The van der Waals surface area contributed by atoms with Crippen LogP contribution in [0.5, 0.6) is 0 Å². The minimum Gasteiger partial charge on any atom is -0.448 e. The van der Waals surface area contributed by atoms with Crippen molar-refractivity contribution in [2.75, 3.05) is 5.32 Å². The lowest BCUT2D eigenvalue weighted by atomic mass is 10.3. The van der Waals surface area contributed by atoms with Crippen LogP contribution in [0.4, 0.5) is 10.1 Å². The number of nitrogens with two attached hydrogens (primary N) is 1. The molecule has 0 fully saturated rings. The largest absolute Gasteiger partial charge is 0.448 e. The number of rotatable bonds is 6. The van der Waals surface area contributed by atoms with Crippen molar-refractivity contribution in [2.45, 2.75) is 17.9 Å². The highest BCUT2D eigenvalue weighted by Gasteiger charge is 2.22. The lowest BCUT2D eigenvalue weighted by Crippen LogP contribution is -2.30. The highest BCUT2D eigenvalue weighted by atomic mass is 32.2. The second-order valence-electron chi connectivity index (χ2n) is 6.23. The molecule has 1 aromatic heterocycles. The SMILES string of the molecule is C[C@H](OC(=O)c1cncn1-c1ccc(F)cc1)C(=O)Nc1ccc(S(N)(=O)=O)cc1. The summed E-state index contributed by atoms with van der Waals surface area (Å²) in [6.07, 6.45) is 1.47. The molecule has 1 heterocycles. The molecule has 1 atom stereocenters. The lowest BCUT2D eigenvalue weighted by Gasteiger charge is -2.14. The number of anilines is 1. The number of halogens is 1. The number of nitrogens with one attached hydrogen (secondary N) is 1. The Bertz CT molecular complexity index is 1170. The second kappa shape index (κ2) is 8.43. The van der Waals surface area contributed by atoms with Gasteiger partial charge in [0.05, 0.1) is 17.4 Å². The molecule has 0 saturated carbocycles. The first-order valence-electron chi connectivity index (χ1n) is 8.58. The van der Waals surface area contributed by atoms with Gasteiger partial charge in [-0.25, -0.2) is 27.7 Å². The molecule has 2 aromatic carbocycles. The van der Waals surface area contributed by atoms with Gasteiger partial charge in [-0.3, -0.25) is 9.36 Å². The van der Waals surface area contributed by atoms with Gasteiger partial charge in [0.25, 0.3) is 5.91 Å². The number of imidazole rings is 1. The summed E-state index contributed by atoms with van der Waals surface area (Å²) in [6.45, 7) is 1.38. The Morgan fingerprint density at radius 3 is 2.37 bits per heavy atom. The summed E-state index contributed by atoms with van der Waals surface area (Å²) in [5.74, 6) is -1.85. The third kappa shape index (κ3) is 4.88. The number of nitrogens with zero attached hydrogens (tertiary/aromatic N) is 2. The number of carbonyl (C=O) groups excluding carboxylic acids is 2. The molecule has 0 aliphatic carbocycles. The van der Waals surface area contributed by atoms with Crippen molar-refractivity contribution in [3.05, 3.63) is 72.6 Å². The number of esters is 1. The quantitative estimate of drug-likeness (QED) is 0.571. The number of hydrogen-bond acceptors (Lipinski definition) is 6. The molecule has 9 nitrogen and oxygen atoms in total. The summed E-state index contributed by atoms with van der Waals surface area (Å²) < 4.78 is 42.2. The van der Waals surface area contributed by atoms with E-state index in [1.165, 1.54) is 72.5 Å². The van der Waals surface area contributed by atoms with Crippen LogP contribution in [0.2, 0.25) is 0 Å². The minimum atomic E-state index is -3.85. The van der Waals surface area contributed by atoms with E-state index in [2.05, 4.69) is 10.3 Å². The van der Waals surface area contributed by atoms with E-state index in [0.29, 0.717) is 11.4 Å². The Morgan fingerprint density at radius 2 is 1.77 bits per heavy atom.